The Bertz CT molecular complexity index is 1030. The zero-order valence-electron chi connectivity index (χ0n) is 11.9. The molecule has 0 unspecified atom stereocenters. The summed E-state index contributed by atoms with van der Waals surface area (Å²) in [6.45, 7) is 0. The molecule has 2 aromatic heterocycles. The number of fused-ring (bicyclic) bond motifs is 3. The summed E-state index contributed by atoms with van der Waals surface area (Å²) in [7, 11) is 1.63. The van der Waals surface area contributed by atoms with Gasteiger partial charge in [-0.1, -0.05) is 18.2 Å². The minimum absolute atomic E-state index is 0.136. The fourth-order valence-electron chi connectivity index (χ4n) is 2.71. The second-order valence-corrected chi connectivity index (χ2v) is 5.04. The van der Waals surface area contributed by atoms with E-state index < -0.39 is 0 Å². The van der Waals surface area contributed by atoms with Crippen molar-refractivity contribution in [1.29, 1.82) is 0 Å². The molecule has 5 heteroatoms. The molecule has 0 amide bonds. The van der Waals surface area contributed by atoms with Crippen LogP contribution in [0.5, 0.6) is 5.75 Å². The summed E-state index contributed by atoms with van der Waals surface area (Å²) in [6, 6.07) is 15.3. The van der Waals surface area contributed by atoms with Crippen LogP contribution in [0.25, 0.3) is 33.1 Å². The first kappa shape index (κ1) is 12.6. The molecule has 0 bridgehead atoms. The van der Waals surface area contributed by atoms with Crippen LogP contribution < -0.4 is 10.3 Å². The van der Waals surface area contributed by atoms with Crippen LogP contribution in [-0.4, -0.2) is 22.3 Å². The maximum absolute atomic E-state index is 12.1. The summed E-state index contributed by atoms with van der Waals surface area (Å²) in [5.74, 6) is 0.781. The molecule has 0 radical (unpaired) electrons. The van der Waals surface area contributed by atoms with Crippen LogP contribution >= 0.6 is 0 Å². The zero-order valence-corrected chi connectivity index (χ0v) is 11.9. The number of hydrogen-bond donors (Lipinski definition) is 2. The fraction of sp³-hybridized carbons (Fsp3) is 0.0588. The molecular formula is C17H13N3O2. The van der Waals surface area contributed by atoms with Crippen molar-refractivity contribution < 1.29 is 4.74 Å². The van der Waals surface area contributed by atoms with Crippen LogP contribution in [0.3, 0.4) is 0 Å². The molecule has 0 spiro atoms. The van der Waals surface area contributed by atoms with E-state index in [2.05, 4.69) is 10.2 Å². The summed E-state index contributed by atoms with van der Waals surface area (Å²) < 4.78 is 5.18. The molecule has 5 nitrogen and oxygen atoms in total. The largest absolute Gasteiger partial charge is 0.497 e. The molecule has 4 aromatic rings. The highest BCUT2D eigenvalue weighted by Crippen LogP contribution is 2.29. The Balaban J connectivity index is 2.09. The van der Waals surface area contributed by atoms with Gasteiger partial charge < -0.3 is 4.74 Å². The van der Waals surface area contributed by atoms with E-state index in [4.69, 9.17) is 9.72 Å². The number of nitrogens with one attached hydrogen (secondary N) is 2. The Morgan fingerprint density at radius 3 is 2.55 bits per heavy atom. The monoisotopic (exact) mass is 291 g/mol. The number of H-pyrrole nitrogens is 2. The quantitative estimate of drug-likeness (QED) is 0.596. The summed E-state index contributed by atoms with van der Waals surface area (Å²) >= 11 is 0. The van der Waals surface area contributed by atoms with Gasteiger partial charge in [-0.3, -0.25) is 15.0 Å². The van der Waals surface area contributed by atoms with E-state index in [1.807, 2.05) is 48.5 Å². The molecule has 108 valence electrons. The van der Waals surface area contributed by atoms with Crippen molar-refractivity contribution in [2.75, 3.05) is 7.11 Å². The number of ether oxygens (including phenoxy) is 1. The summed E-state index contributed by atoms with van der Waals surface area (Å²) in [5, 5.41) is 7.08. The Morgan fingerprint density at radius 2 is 1.77 bits per heavy atom. The third kappa shape index (κ3) is 1.79. The molecule has 4 rings (SSSR count). The van der Waals surface area contributed by atoms with Gasteiger partial charge in [0.25, 0.3) is 5.56 Å². The van der Waals surface area contributed by atoms with Crippen molar-refractivity contribution >= 4 is 21.8 Å². The van der Waals surface area contributed by atoms with Gasteiger partial charge in [0.2, 0.25) is 0 Å². The van der Waals surface area contributed by atoms with E-state index in [1.54, 1.807) is 7.11 Å². The number of pyridine rings is 1. The number of methoxy groups -OCH3 is 1. The number of hydrogen-bond acceptors (Lipinski definition) is 3. The third-order valence-corrected chi connectivity index (χ3v) is 3.78. The van der Waals surface area contributed by atoms with Crippen LogP contribution in [-0.2, 0) is 0 Å². The van der Waals surface area contributed by atoms with Crippen molar-refractivity contribution in [2.24, 2.45) is 0 Å². The molecule has 2 aromatic carbocycles. The zero-order chi connectivity index (χ0) is 15.1. The molecule has 0 atom stereocenters. The minimum atomic E-state index is -0.136. The van der Waals surface area contributed by atoms with Crippen molar-refractivity contribution in [2.45, 2.75) is 0 Å². The standard InChI is InChI=1S/C17H13N3O2/c1-22-11-8-6-10(7-9-11)15-16-14(17(21)20-19-16)12-4-2-3-5-13(12)18-15/h2-9H,1H3,(H2,19,20,21). The van der Waals surface area contributed by atoms with Gasteiger partial charge >= 0.3 is 0 Å². The molecule has 0 fully saturated rings. The normalized spacial score (nSPS) is 11.1. The number of nitrogens with zero attached hydrogens (tertiary/aromatic N) is 1. The van der Waals surface area contributed by atoms with Gasteiger partial charge in [-0.25, -0.2) is 4.98 Å². The van der Waals surface area contributed by atoms with E-state index >= 15 is 0 Å². The summed E-state index contributed by atoms with van der Waals surface area (Å²) in [6.07, 6.45) is 0. The van der Waals surface area contributed by atoms with Gasteiger partial charge in [-0.05, 0) is 30.3 Å². The van der Waals surface area contributed by atoms with Gasteiger partial charge in [0, 0.05) is 10.9 Å². The third-order valence-electron chi connectivity index (χ3n) is 3.78. The lowest BCUT2D eigenvalue weighted by molar-refractivity contribution is 0.415. The maximum atomic E-state index is 12.1. The van der Waals surface area contributed by atoms with Gasteiger partial charge in [0.1, 0.15) is 5.75 Å². The molecule has 0 saturated carbocycles. The highest BCUT2D eigenvalue weighted by molar-refractivity contribution is 6.08. The van der Waals surface area contributed by atoms with E-state index in [1.165, 1.54) is 0 Å². The van der Waals surface area contributed by atoms with Gasteiger partial charge in [-0.2, -0.15) is 0 Å². The number of aromatic nitrogens is 3. The number of benzene rings is 2. The first-order chi connectivity index (χ1) is 10.8. The molecule has 2 N–H and O–H groups in total. The molecule has 0 saturated heterocycles. The Morgan fingerprint density at radius 1 is 1.00 bits per heavy atom. The van der Waals surface area contributed by atoms with Gasteiger partial charge in [0.15, 0.2) is 0 Å². The number of para-hydroxylation sites is 1. The van der Waals surface area contributed by atoms with Crippen LogP contribution in [0.4, 0.5) is 0 Å². The van der Waals surface area contributed by atoms with Crippen LogP contribution in [0.1, 0.15) is 0 Å². The molecule has 2 heterocycles. The number of rotatable bonds is 2. The highest BCUT2D eigenvalue weighted by Gasteiger charge is 2.14. The molecule has 0 aliphatic heterocycles. The van der Waals surface area contributed by atoms with Crippen LogP contribution in [0.15, 0.2) is 53.3 Å². The van der Waals surface area contributed by atoms with E-state index in [9.17, 15) is 4.79 Å². The summed E-state index contributed by atoms with van der Waals surface area (Å²) in [5.41, 5.74) is 3.05. The second-order valence-electron chi connectivity index (χ2n) is 5.04. The smallest absolute Gasteiger partial charge is 0.272 e. The first-order valence-corrected chi connectivity index (χ1v) is 6.91. The first-order valence-electron chi connectivity index (χ1n) is 6.91. The van der Waals surface area contributed by atoms with E-state index in [0.717, 1.165) is 27.9 Å². The number of aromatic amines is 2. The van der Waals surface area contributed by atoms with E-state index in [0.29, 0.717) is 10.9 Å². The Kier molecular flexibility index (Phi) is 2.72. The predicted octanol–water partition coefficient (Wildman–Crippen LogP) is 3.08. The topological polar surface area (TPSA) is 70.8 Å². The highest BCUT2D eigenvalue weighted by atomic mass is 16.5. The predicted molar refractivity (Wildman–Crippen MR) is 86.2 cm³/mol. The van der Waals surface area contributed by atoms with E-state index in [-0.39, 0.29) is 5.56 Å². The molecular weight excluding hydrogens is 278 g/mol. The average Bonchev–Trinajstić information content (AvgIpc) is 2.97. The van der Waals surface area contributed by atoms with Gasteiger partial charge in [0.05, 0.1) is 29.2 Å². The van der Waals surface area contributed by atoms with Crippen LogP contribution in [0, 0.1) is 0 Å². The Labute approximate surface area is 125 Å². The molecule has 0 aliphatic carbocycles. The second kappa shape index (κ2) is 4.73. The van der Waals surface area contributed by atoms with Gasteiger partial charge in [-0.15, -0.1) is 0 Å². The lowest BCUT2D eigenvalue weighted by atomic mass is 10.1. The van der Waals surface area contributed by atoms with Crippen LogP contribution in [0.2, 0.25) is 0 Å². The van der Waals surface area contributed by atoms with Crippen molar-refractivity contribution in [3.05, 3.63) is 58.9 Å². The minimum Gasteiger partial charge on any atom is -0.497 e. The molecule has 22 heavy (non-hydrogen) atoms. The Hall–Kier alpha value is -3.08. The SMILES string of the molecule is COc1ccc(-c2nc3ccccc3c3c(=O)[nH][nH]c23)cc1. The fourth-order valence-corrected chi connectivity index (χ4v) is 2.71. The van der Waals surface area contributed by atoms with Crippen molar-refractivity contribution in [3.63, 3.8) is 0 Å². The molecule has 0 aliphatic rings. The van der Waals surface area contributed by atoms with Crippen molar-refractivity contribution in [3.8, 4) is 17.0 Å². The van der Waals surface area contributed by atoms with Crippen molar-refractivity contribution in [1.82, 2.24) is 15.2 Å². The maximum Gasteiger partial charge on any atom is 0.272 e. The lowest BCUT2D eigenvalue weighted by Gasteiger charge is -2.06. The average molecular weight is 291 g/mol. The summed E-state index contributed by atoms with van der Waals surface area (Å²) in [4.78, 5) is 16.9. The lowest BCUT2D eigenvalue weighted by Crippen LogP contribution is -1.99.